The van der Waals surface area contributed by atoms with Crippen molar-refractivity contribution < 1.29 is 14.3 Å². The van der Waals surface area contributed by atoms with Crippen LogP contribution in [0, 0.1) is 0 Å². The molecule has 2 aliphatic rings. The number of hydrogen-bond donors (Lipinski definition) is 1. The number of carbonyl (C=O) groups excluding carboxylic acids is 2. The van der Waals surface area contributed by atoms with Gasteiger partial charge in [-0.25, -0.2) is 4.79 Å². The largest absolute Gasteiger partial charge is 0.442 e. The lowest BCUT2D eigenvalue weighted by Crippen LogP contribution is -2.28. The van der Waals surface area contributed by atoms with Gasteiger partial charge in [0.05, 0.1) is 11.6 Å². The Bertz CT molecular complexity index is 948. The average Bonchev–Trinajstić information content (AvgIpc) is 3.24. The van der Waals surface area contributed by atoms with E-state index in [0.29, 0.717) is 11.7 Å². The van der Waals surface area contributed by atoms with E-state index in [1.807, 2.05) is 39.8 Å². The summed E-state index contributed by atoms with van der Waals surface area (Å²) in [4.78, 5) is 27.8. The molecule has 1 aliphatic carbocycles. The van der Waals surface area contributed by atoms with Crippen LogP contribution in [-0.2, 0) is 9.53 Å². The minimum absolute atomic E-state index is 0.148. The highest BCUT2D eigenvalue weighted by molar-refractivity contribution is 5.95. The summed E-state index contributed by atoms with van der Waals surface area (Å²) in [6, 6.07) is 10.0. The van der Waals surface area contributed by atoms with Gasteiger partial charge in [0.25, 0.3) is 0 Å². The van der Waals surface area contributed by atoms with Crippen molar-refractivity contribution in [1.82, 2.24) is 9.78 Å². The molecule has 7 heteroatoms. The minimum Gasteiger partial charge on any atom is -0.442 e. The summed E-state index contributed by atoms with van der Waals surface area (Å²) in [6.45, 7) is 9.55. The maximum Gasteiger partial charge on any atom is 0.435 e. The Balaban J connectivity index is 1.45. The number of nitrogens with zero attached hydrogens (tertiary/aromatic N) is 3. The molecule has 0 spiro atoms. The van der Waals surface area contributed by atoms with E-state index in [9.17, 15) is 9.59 Å². The maximum absolute atomic E-state index is 12.9. The van der Waals surface area contributed by atoms with Crippen molar-refractivity contribution in [2.24, 2.45) is 0 Å². The van der Waals surface area contributed by atoms with Crippen molar-refractivity contribution >= 4 is 23.5 Å². The molecule has 1 saturated heterocycles. The molecule has 166 valence electrons. The summed E-state index contributed by atoms with van der Waals surface area (Å²) in [5.41, 5.74) is 2.35. The number of aromatic nitrogens is 2. The number of rotatable bonds is 5. The van der Waals surface area contributed by atoms with Crippen LogP contribution in [0.15, 0.2) is 30.3 Å². The molecule has 2 heterocycles. The SMILES string of the molecule is CC(C(=O)Nc1cc(C2CC2)n(C(=O)OC(C)(C)C)n1)c1ccc(N2CCCC2)cc1. The fourth-order valence-electron chi connectivity index (χ4n) is 3.91. The number of amides is 1. The molecule has 1 aromatic carbocycles. The van der Waals surface area contributed by atoms with Gasteiger partial charge in [0.2, 0.25) is 5.91 Å². The van der Waals surface area contributed by atoms with Crippen LogP contribution < -0.4 is 10.2 Å². The first-order chi connectivity index (χ1) is 14.7. The van der Waals surface area contributed by atoms with Crippen molar-refractivity contribution in [2.75, 3.05) is 23.3 Å². The fourth-order valence-corrected chi connectivity index (χ4v) is 3.91. The quantitative estimate of drug-likeness (QED) is 0.740. The normalized spacial score (nSPS) is 17.5. The molecule has 1 atom stereocenters. The molecule has 1 amide bonds. The Labute approximate surface area is 183 Å². The molecular formula is C24H32N4O3. The molecule has 1 aliphatic heterocycles. The third-order valence-electron chi connectivity index (χ3n) is 5.81. The van der Waals surface area contributed by atoms with Gasteiger partial charge < -0.3 is 15.0 Å². The maximum atomic E-state index is 12.9. The fraction of sp³-hybridized carbons (Fsp3) is 0.542. The van der Waals surface area contributed by atoms with Gasteiger partial charge in [-0.15, -0.1) is 5.10 Å². The second kappa shape index (κ2) is 8.36. The number of benzene rings is 1. The molecule has 4 rings (SSSR count). The molecule has 1 N–H and O–H groups in total. The summed E-state index contributed by atoms with van der Waals surface area (Å²) in [6.07, 6.45) is 3.99. The molecule has 31 heavy (non-hydrogen) atoms. The molecule has 0 bridgehead atoms. The predicted molar refractivity (Wildman–Crippen MR) is 121 cm³/mol. The molecule has 2 fully saturated rings. The Morgan fingerprint density at radius 3 is 2.35 bits per heavy atom. The van der Waals surface area contributed by atoms with Gasteiger partial charge in [-0.05, 0) is 71.1 Å². The summed E-state index contributed by atoms with van der Waals surface area (Å²) >= 11 is 0. The first-order valence-corrected chi connectivity index (χ1v) is 11.2. The minimum atomic E-state index is -0.608. The van der Waals surface area contributed by atoms with Gasteiger partial charge in [-0.1, -0.05) is 12.1 Å². The molecule has 1 aromatic heterocycles. The summed E-state index contributed by atoms with van der Waals surface area (Å²) in [5, 5.41) is 7.22. The van der Waals surface area contributed by atoms with Crippen LogP contribution in [-0.4, -0.2) is 40.5 Å². The van der Waals surface area contributed by atoms with Gasteiger partial charge in [0.15, 0.2) is 5.82 Å². The van der Waals surface area contributed by atoms with Crippen molar-refractivity contribution in [3.05, 3.63) is 41.6 Å². The summed E-state index contributed by atoms with van der Waals surface area (Å²) in [5.74, 6) is 0.202. The van der Waals surface area contributed by atoms with Crippen LogP contribution in [0.25, 0.3) is 0 Å². The molecular weight excluding hydrogens is 392 g/mol. The zero-order chi connectivity index (χ0) is 22.2. The van der Waals surface area contributed by atoms with Crippen LogP contribution in [0.1, 0.15) is 76.5 Å². The number of ether oxygens (including phenoxy) is 1. The molecule has 1 unspecified atom stereocenters. The van der Waals surface area contributed by atoms with E-state index in [2.05, 4.69) is 27.4 Å². The van der Waals surface area contributed by atoms with Gasteiger partial charge in [-0.2, -0.15) is 4.68 Å². The monoisotopic (exact) mass is 424 g/mol. The first kappa shape index (κ1) is 21.4. The summed E-state index contributed by atoms with van der Waals surface area (Å²) < 4.78 is 6.78. The highest BCUT2D eigenvalue weighted by Crippen LogP contribution is 2.41. The number of anilines is 2. The van der Waals surface area contributed by atoms with Crippen LogP contribution in [0.4, 0.5) is 16.3 Å². The summed E-state index contributed by atoms with van der Waals surface area (Å²) in [7, 11) is 0. The third kappa shape index (κ3) is 5.09. The highest BCUT2D eigenvalue weighted by Gasteiger charge is 2.32. The van der Waals surface area contributed by atoms with Gasteiger partial charge in [0, 0.05) is 30.8 Å². The van der Waals surface area contributed by atoms with E-state index >= 15 is 0 Å². The van der Waals surface area contributed by atoms with E-state index in [1.165, 1.54) is 23.2 Å². The lowest BCUT2D eigenvalue weighted by atomic mass is 10.00. The Hall–Kier alpha value is -2.83. The van der Waals surface area contributed by atoms with E-state index in [0.717, 1.165) is 37.2 Å². The van der Waals surface area contributed by atoms with Crippen LogP contribution in [0.3, 0.4) is 0 Å². The van der Waals surface area contributed by atoms with Crippen molar-refractivity contribution in [3.8, 4) is 0 Å². The van der Waals surface area contributed by atoms with Crippen molar-refractivity contribution in [3.63, 3.8) is 0 Å². The lowest BCUT2D eigenvalue weighted by molar-refractivity contribution is -0.117. The Morgan fingerprint density at radius 1 is 1.13 bits per heavy atom. The molecule has 1 saturated carbocycles. The van der Waals surface area contributed by atoms with Crippen LogP contribution in [0.2, 0.25) is 0 Å². The molecule has 7 nitrogen and oxygen atoms in total. The van der Waals surface area contributed by atoms with Gasteiger partial charge in [0.1, 0.15) is 5.60 Å². The number of carbonyl (C=O) groups is 2. The van der Waals surface area contributed by atoms with Crippen molar-refractivity contribution in [1.29, 1.82) is 0 Å². The van der Waals surface area contributed by atoms with E-state index in [4.69, 9.17) is 4.74 Å². The second-order valence-electron chi connectivity index (χ2n) is 9.62. The van der Waals surface area contributed by atoms with E-state index in [-0.39, 0.29) is 11.8 Å². The zero-order valence-electron chi connectivity index (χ0n) is 18.9. The Morgan fingerprint density at radius 2 is 1.77 bits per heavy atom. The average molecular weight is 425 g/mol. The topological polar surface area (TPSA) is 76.5 Å². The van der Waals surface area contributed by atoms with Crippen LogP contribution >= 0.6 is 0 Å². The van der Waals surface area contributed by atoms with E-state index < -0.39 is 11.7 Å². The standard InChI is InChI=1S/C24H32N4O3/c1-16(17-9-11-19(12-10-17)27-13-5-6-14-27)22(29)25-21-15-20(18-7-8-18)28(26-21)23(30)31-24(2,3)4/h9-12,15-16,18H,5-8,13-14H2,1-4H3,(H,25,26,29). The van der Waals surface area contributed by atoms with Gasteiger partial charge >= 0.3 is 6.09 Å². The number of nitrogens with one attached hydrogen (secondary N) is 1. The zero-order valence-corrected chi connectivity index (χ0v) is 18.9. The lowest BCUT2D eigenvalue weighted by Gasteiger charge is -2.19. The van der Waals surface area contributed by atoms with Crippen molar-refractivity contribution in [2.45, 2.75) is 70.8 Å². The van der Waals surface area contributed by atoms with Gasteiger partial charge in [-0.3, -0.25) is 4.79 Å². The molecule has 2 aromatic rings. The predicted octanol–water partition coefficient (Wildman–Crippen LogP) is 4.89. The van der Waals surface area contributed by atoms with E-state index in [1.54, 1.807) is 6.07 Å². The highest BCUT2D eigenvalue weighted by atomic mass is 16.6. The first-order valence-electron chi connectivity index (χ1n) is 11.2. The Kier molecular flexibility index (Phi) is 5.77. The molecule has 0 radical (unpaired) electrons. The van der Waals surface area contributed by atoms with Crippen LogP contribution in [0.5, 0.6) is 0 Å². The number of hydrogen-bond acceptors (Lipinski definition) is 5. The smallest absolute Gasteiger partial charge is 0.435 e. The third-order valence-corrected chi connectivity index (χ3v) is 5.81. The second-order valence-corrected chi connectivity index (χ2v) is 9.62.